The van der Waals surface area contributed by atoms with Gasteiger partial charge in [-0.3, -0.25) is 4.79 Å². The molecule has 2 rings (SSSR count). The Hall–Kier alpha value is -1.65. The summed E-state index contributed by atoms with van der Waals surface area (Å²) in [5.74, 6) is 2.28. The summed E-state index contributed by atoms with van der Waals surface area (Å²) in [5, 5.41) is 3.69. The molecule has 24 heavy (non-hydrogen) atoms. The van der Waals surface area contributed by atoms with Gasteiger partial charge in [-0.15, -0.1) is 0 Å². The van der Waals surface area contributed by atoms with E-state index in [4.69, 9.17) is 16.3 Å². The summed E-state index contributed by atoms with van der Waals surface area (Å²) in [6, 6.07) is 15.5. The fourth-order valence-corrected chi connectivity index (χ4v) is 3.28. The number of halogens is 1. The second kappa shape index (κ2) is 9.60. The fraction of sp³-hybridized carbons (Fsp3) is 0.316. The number of aryl methyl sites for hydroxylation is 1. The zero-order chi connectivity index (χ0) is 17.4. The van der Waals surface area contributed by atoms with E-state index in [0.717, 1.165) is 27.7 Å². The van der Waals surface area contributed by atoms with Crippen molar-refractivity contribution in [1.29, 1.82) is 0 Å². The van der Waals surface area contributed by atoms with E-state index in [-0.39, 0.29) is 5.91 Å². The Bertz CT molecular complexity index is 678. The Balaban J connectivity index is 1.66. The smallest absolute Gasteiger partial charge is 0.260 e. The van der Waals surface area contributed by atoms with Gasteiger partial charge < -0.3 is 10.1 Å². The Morgan fingerprint density at radius 2 is 2.04 bits per heavy atom. The first-order chi connectivity index (χ1) is 11.6. The molecule has 128 valence electrons. The van der Waals surface area contributed by atoms with Gasteiger partial charge in [0.15, 0.2) is 6.10 Å². The molecule has 0 aromatic heterocycles. The lowest BCUT2D eigenvalue weighted by Gasteiger charge is -2.15. The van der Waals surface area contributed by atoms with E-state index in [0.29, 0.717) is 12.3 Å². The third kappa shape index (κ3) is 6.10. The summed E-state index contributed by atoms with van der Waals surface area (Å²) in [5.41, 5.74) is 2.22. The van der Waals surface area contributed by atoms with Crippen molar-refractivity contribution in [3.8, 4) is 5.75 Å². The molecule has 0 fully saturated rings. The molecule has 0 aliphatic carbocycles. The van der Waals surface area contributed by atoms with E-state index in [9.17, 15) is 4.79 Å². The number of amides is 1. The molecule has 2 aromatic carbocycles. The molecule has 0 unspecified atom stereocenters. The van der Waals surface area contributed by atoms with Crippen molar-refractivity contribution >= 4 is 29.3 Å². The minimum absolute atomic E-state index is 0.102. The number of benzene rings is 2. The van der Waals surface area contributed by atoms with Gasteiger partial charge in [0.05, 0.1) is 0 Å². The van der Waals surface area contributed by atoms with E-state index in [1.54, 1.807) is 18.7 Å². The molecule has 0 saturated carbocycles. The van der Waals surface area contributed by atoms with E-state index in [2.05, 4.69) is 5.32 Å². The quantitative estimate of drug-likeness (QED) is 0.703. The third-order valence-corrected chi connectivity index (χ3v) is 4.81. The van der Waals surface area contributed by atoms with Crippen LogP contribution in [0.2, 0.25) is 5.02 Å². The summed E-state index contributed by atoms with van der Waals surface area (Å²) < 4.78 is 5.66. The Kier molecular flexibility index (Phi) is 7.47. The van der Waals surface area contributed by atoms with Gasteiger partial charge in [0.2, 0.25) is 0 Å². The highest BCUT2D eigenvalue weighted by molar-refractivity contribution is 7.98. The van der Waals surface area contributed by atoms with Crippen LogP contribution in [0.4, 0.5) is 0 Å². The third-order valence-electron chi connectivity index (χ3n) is 3.43. The van der Waals surface area contributed by atoms with Gasteiger partial charge in [-0.2, -0.15) is 11.8 Å². The monoisotopic (exact) mass is 363 g/mol. The maximum atomic E-state index is 12.1. The van der Waals surface area contributed by atoms with Crippen LogP contribution in [0.5, 0.6) is 5.75 Å². The standard InChI is InChI=1S/C19H22ClNO2S/c1-14-6-5-8-17(12-14)23-15(2)19(22)21-10-11-24-13-16-7-3-4-9-18(16)20/h3-9,12,15H,10-11,13H2,1-2H3,(H,21,22)/t15-/m0/s1. The van der Waals surface area contributed by atoms with Gasteiger partial charge in [0.25, 0.3) is 5.91 Å². The van der Waals surface area contributed by atoms with E-state index >= 15 is 0 Å². The number of hydrogen-bond donors (Lipinski definition) is 1. The largest absolute Gasteiger partial charge is 0.481 e. The predicted molar refractivity (Wildman–Crippen MR) is 102 cm³/mol. The minimum Gasteiger partial charge on any atom is -0.481 e. The molecular formula is C19H22ClNO2S. The highest BCUT2D eigenvalue weighted by Gasteiger charge is 2.13. The van der Waals surface area contributed by atoms with Crippen molar-refractivity contribution in [2.75, 3.05) is 12.3 Å². The molecule has 0 saturated heterocycles. The summed E-state index contributed by atoms with van der Waals surface area (Å²) in [4.78, 5) is 12.1. The summed E-state index contributed by atoms with van der Waals surface area (Å²) in [6.45, 7) is 4.36. The van der Waals surface area contributed by atoms with Crippen molar-refractivity contribution in [3.05, 3.63) is 64.7 Å². The number of carbonyl (C=O) groups excluding carboxylic acids is 1. The van der Waals surface area contributed by atoms with Crippen LogP contribution < -0.4 is 10.1 Å². The molecular weight excluding hydrogens is 342 g/mol. The SMILES string of the molecule is Cc1cccc(O[C@@H](C)C(=O)NCCSCc2ccccc2Cl)c1. The van der Waals surface area contributed by atoms with Crippen LogP contribution in [-0.4, -0.2) is 24.3 Å². The van der Waals surface area contributed by atoms with Gasteiger partial charge in [-0.25, -0.2) is 0 Å². The maximum absolute atomic E-state index is 12.1. The van der Waals surface area contributed by atoms with Crippen molar-refractivity contribution < 1.29 is 9.53 Å². The topological polar surface area (TPSA) is 38.3 Å². The maximum Gasteiger partial charge on any atom is 0.260 e. The molecule has 1 atom stereocenters. The normalized spacial score (nSPS) is 11.8. The van der Waals surface area contributed by atoms with E-state index in [1.165, 1.54) is 0 Å². The van der Waals surface area contributed by atoms with Crippen LogP contribution in [0.3, 0.4) is 0 Å². The minimum atomic E-state index is -0.514. The number of carbonyl (C=O) groups is 1. The van der Waals surface area contributed by atoms with Crippen LogP contribution >= 0.6 is 23.4 Å². The highest BCUT2D eigenvalue weighted by Crippen LogP contribution is 2.20. The van der Waals surface area contributed by atoms with Gasteiger partial charge in [-0.05, 0) is 43.2 Å². The first-order valence-corrected chi connectivity index (χ1v) is 9.41. The van der Waals surface area contributed by atoms with Crippen LogP contribution in [0.25, 0.3) is 0 Å². The Labute approximate surface area is 152 Å². The number of rotatable bonds is 8. The molecule has 0 aliphatic heterocycles. The van der Waals surface area contributed by atoms with Crippen molar-refractivity contribution in [2.45, 2.75) is 25.7 Å². The zero-order valence-corrected chi connectivity index (χ0v) is 15.5. The van der Waals surface area contributed by atoms with Gasteiger partial charge in [0.1, 0.15) is 5.75 Å². The molecule has 0 aliphatic rings. The van der Waals surface area contributed by atoms with Gasteiger partial charge in [0, 0.05) is 23.1 Å². The van der Waals surface area contributed by atoms with Crippen LogP contribution in [0, 0.1) is 6.92 Å². The van der Waals surface area contributed by atoms with Gasteiger partial charge in [-0.1, -0.05) is 41.9 Å². The van der Waals surface area contributed by atoms with Crippen molar-refractivity contribution in [3.63, 3.8) is 0 Å². The number of hydrogen-bond acceptors (Lipinski definition) is 3. The summed E-state index contributed by atoms with van der Waals surface area (Å²) >= 11 is 7.86. The Morgan fingerprint density at radius 1 is 1.25 bits per heavy atom. The molecule has 1 amide bonds. The molecule has 0 radical (unpaired) electrons. The van der Waals surface area contributed by atoms with Crippen molar-refractivity contribution in [1.82, 2.24) is 5.32 Å². The van der Waals surface area contributed by atoms with E-state index < -0.39 is 6.10 Å². The first-order valence-electron chi connectivity index (χ1n) is 7.88. The lowest BCUT2D eigenvalue weighted by molar-refractivity contribution is -0.127. The number of ether oxygens (including phenoxy) is 1. The molecule has 0 heterocycles. The molecule has 3 nitrogen and oxygen atoms in total. The Morgan fingerprint density at radius 3 is 2.79 bits per heavy atom. The second-order valence-corrected chi connectivity index (χ2v) is 7.02. The van der Waals surface area contributed by atoms with Crippen LogP contribution in [-0.2, 0) is 10.5 Å². The van der Waals surface area contributed by atoms with Crippen LogP contribution in [0.15, 0.2) is 48.5 Å². The predicted octanol–water partition coefficient (Wildman–Crippen LogP) is 4.47. The first kappa shape index (κ1) is 18.7. The highest BCUT2D eigenvalue weighted by atomic mass is 35.5. The fourth-order valence-electron chi connectivity index (χ4n) is 2.13. The summed E-state index contributed by atoms with van der Waals surface area (Å²) in [7, 11) is 0. The average molecular weight is 364 g/mol. The second-order valence-electron chi connectivity index (χ2n) is 5.51. The molecule has 1 N–H and O–H groups in total. The number of nitrogens with one attached hydrogen (secondary N) is 1. The molecule has 2 aromatic rings. The lowest BCUT2D eigenvalue weighted by Crippen LogP contribution is -2.37. The van der Waals surface area contributed by atoms with Crippen molar-refractivity contribution in [2.24, 2.45) is 0 Å². The summed E-state index contributed by atoms with van der Waals surface area (Å²) in [6.07, 6.45) is -0.514. The molecule has 0 bridgehead atoms. The molecule has 5 heteroatoms. The zero-order valence-electron chi connectivity index (χ0n) is 13.9. The van der Waals surface area contributed by atoms with E-state index in [1.807, 2.05) is 55.5 Å². The van der Waals surface area contributed by atoms with Gasteiger partial charge >= 0.3 is 0 Å². The average Bonchev–Trinajstić information content (AvgIpc) is 2.56. The van der Waals surface area contributed by atoms with Crippen LogP contribution in [0.1, 0.15) is 18.1 Å². The lowest BCUT2D eigenvalue weighted by atomic mass is 10.2. The molecule has 0 spiro atoms. The number of thioether (sulfide) groups is 1.